The van der Waals surface area contributed by atoms with E-state index in [0.717, 1.165) is 0 Å². The van der Waals surface area contributed by atoms with Crippen molar-refractivity contribution >= 4 is 11.5 Å². The first-order valence-electron chi connectivity index (χ1n) is 3.98. The van der Waals surface area contributed by atoms with Crippen molar-refractivity contribution in [2.24, 2.45) is 11.1 Å². The molecule has 66 valence electrons. The molecule has 4 heteroatoms. The average Bonchev–Trinajstić information content (AvgIpc) is 2.38. The van der Waals surface area contributed by atoms with E-state index in [-0.39, 0.29) is 18.1 Å². The summed E-state index contributed by atoms with van der Waals surface area (Å²) in [7, 11) is 0. The Morgan fingerprint density at radius 3 is 3.00 bits per heavy atom. The predicted molar refractivity (Wildman–Crippen MR) is 41.7 cm³/mol. The standard InChI is InChI=1S/C8H11NO3/c1-4-6-5(10)3-8(2,11)7(6)12-9-4/h6-7,11H,3H2,1-2H3/t6-,7-,8+/m1/s1. The molecule has 0 aromatic heterocycles. The van der Waals surface area contributed by atoms with Gasteiger partial charge in [0.1, 0.15) is 17.3 Å². The van der Waals surface area contributed by atoms with Gasteiger partial charge in [-0.05, 0) is 13.8 Å². The van der Waals surface area contributed by atoms with Crippen LogP contribution in [0.3, 0.4) is 0 Å². The number of fused-ring (bicyclic) bond motifs is 1. The topological polar surface area (TPSA) is 58.9 Å². The zero-order valence-electron chi connectivity index (χ0n) is 7.07. The molecule has 1 heterocycles. The van der Waals surface area contributed by atoms with Gasteiger partial charge in [-0.25, -0.2) is 0 Å². The van der Waals surface area contributed by atoms with Crippen LogP contribution in [0.15, 0.2) is 5.16 Å². The highest BCUT2D eigenvalue weighted by Crippen LogP contribution is 2.38. The van der Waals surface area contributed by atoms with E-state index in [1.165, 1.54) is 0 Å². The number of ketones is 1. The Morgan fingerprint density at radius 1 is 1.75 bits per heavy atom. The summed E-state index contributed by atoms with van der Waals surface area (Å²) in [5, 5.41) is 13.4. The second-order valence-corrected chi connectivity index (χ2v) is 3.74. The van der Waals surface area contributed by atoms with Gasteiger partial charge in [-0.15, -0.1) is 0 Å². The molecule has 1 N–H and O–H groups in total. The number of oxime groups is 1. The van der Waals surface area contributed by atoms with Crippen molar-refractivity contribution in [1.82, 2.24) is 0 Å². The third-order valence-electron chi connectivity index (χ3n) is 2.56. The summed E-state index contributed by atoms with van der Waals surface area (Å²) in [6.45, 7) is 3.37. The van der Waals surface area contributed by atoms with Crippen molar-refractivity contribution in [3.05, 3.63) is 0 Å². The number of carbonyl (C=O) groups excluding carboxylic acids is 1. The van der Waals surface area contributed by atoms with Crippen LogP contribution in [0.1, 0.15) is 20.3 Å². The van der Waals surface area contributed by atoms with Gasteiger partial charge in [0, 0.05) is 6.42 Å². The maximum absolute atomic E-state index is 11.4. The molecule has 0 aromatic carbocycles. The normalized spacial score (nSPS) is 45.6. The Bertz CT molecular complexity index is 269. The minimum absolute atomic E-state index is 0.0313. The Balaban J connectivity index is 2.34. The third kappa shape index (κ3) is 0.813. The van der Waals surface area contributed by atoms with Gasteiger partial charge >= 0.3 is 0 Å². The SMILES string of the molecule is CC1=NO[C@@H]2[C@H]1C(=O)C[C@]2(C)O. The maximum Gasteiger partial charge on any atom is 0.171 e. The summed E-state index contributed by atoms with van der Waals surface area (Å²) in [6, 6.07) is 0. The van der Waals surface area contributed by atoms with Crippen LogP contribution in [0.4, 0.5) is 0 Å². The Hall–Kier alpha value is -0.900. The van der Waals surface area contributed by atoms with Gasteiger partial charge in [0.15, 0.2) is 6.10 Å². The lowest BCUT2D eigenvalue weighted by molar-refractivity contribution is -0.120. The quantitative estimate of drug-likeness (QED) is 0.559. The first kappa shape index (κ1) is 7.73. The molecule has 1 aliphatic heterocycles. The van der Waals surface area contributed by atoms with Gasteiger partial charge in [-0.3, -0.25) is 4.79 Å². The van der Waals surface area contributed by atoms with Crippen LogP contribution in [0.25, 0.3) is 0 Å². The summed E-state index contributed by atoms with van der Waals surface area (Å²) in [5.41, 5.74) is -0.356. The number of hydrogen-bond donors (Lipinski definition) is 1. The van der Waals surface area contributed by atoms with E-state index in [1.807, 2.05) is 0 Å². The smallest absolute Gasteiger partial charge is 0.171 e. The molecular weight excluding hydrogens is 158 g/mol. The van der Waals surface area contributed by atoms with E-state index in [2.05, 4.69) is 5.16 Å². The van der Waals surface area contributed by atoms with Crippen LogP contribution in [0.2, 0.25) is 0 Å². The van der Waals surface area contributed by atoms with Crippen molar-refractivity contribution < 1.29 is 14.7 Å². The van der Waals surface area contributed by atoms with Gasteiger partial charge < -0.3 is 9.94 Å². The fourth-order valence-electron chi connectivity index (χ4n) is 1.91. The van der Waals surface area contributed by atoms with Crippen LogP contribution in [0.5, 0.6) is 0 Å². The molecule has 0 aromatic rings. The Kier molecular flexibility index (Phi) is 1.33. The van der Waals surface area contributed by atoms with Crippen LogP contribution >= 0.6 is 0 Å². The van der Waals surface area contributed by atoms with Crippen molar-refractivity contribution in [2.75, 3.05) is 0 Å². The van der Waals surface area contributed by atoms with Gasteiger partial charge in [0.05, 0.1) is 5.71 Å². The Labute approximate surface area is 70.2 Å². The highest BCUT2D eigenvalue weighted by atomic mass is 16.7. The van der Waals surface area contributed by atoms with Crippen LogP contribution in [0, 0.1) is 5.92 Å². The average molecular weight is 169 g/mol. The van der Waals surface area contributed by atoms with Crippen molar-refractivity contribution in [1.29, 1.82) is 0 Å². The van der Waals surface area contributed by atoms with Gasteiger partial charge in [0.25, 0.3) is 0 Å². The molecule has 2 rings (SSSR count). The molecule has 0 amide bonds. The fourth-order valence-corrected chi connectivity index (χ4v) is 1.91. The fraction of sp³-hybridized carbons (Fsp3) is 0.750. The number of rotatable bonds is 0. The van der Waals surface area contributed by atoms with E-state index >= 15 is 0 Å². The lowest BCUT2D eigenvalue weighted by atomic mass is 9.96. The first-order chi connectivity index (χ1) is 5.52. The highest BCUT2D eigenvalue weighted by molar-refractivity contribution is 6.07. The summed E-state index contributed by atoms with van der Waals surface area (Å²) in [6.07, 6.45) is -0.278. The monoisotopic (exact) mass is 169 g/mol. The molecule has 1 fully saturated rings. The maximum atomic E-state index is 11.4. The van der Waals surface area contributed by atoms with Crippen molar-refractivity contribution in [3.63, 3.8) is 0 Å². The molecule has 0 unspecified atom stereocenters. The molecule has 1 aliphatic carbocycles. The van der Waals surface area contributed by atoms with E-state index < -0.39 is 11.7 Å². The second kappa shape index (κ2) is 2.07. The van der Waals surface area contributed by atoms with Gasteiger partial charge in [-0.2, -0.15) is 0 Å². The van der Waals surface area contributed by atoms with Crippen LogP contribution in [-0.2, 0) is 9.63 Å². The van der Waals surface area contributed by atoms with Crippen molar-refractivity contribution in [3.8, 4) is 0 Å². The summed E-state index contributed by atoms with van der Waals surface area (Å²) in [4.78, 5) is 16.4. The zero-order valence-corrected chi connectivity index (χ0v) is 7.07. The largest absolute Gasteiger partial charge is 0.388 e. The van der Waals surface area contributed by atoms with E-state index in [4.69, 9.17) is 4.84 Å². The van der Waals surface area contributed by atoms with Gasteiger partial charge in [0.2, 0.25) is 0 Å². The molecule has 0 bridgehead atoms. The molecule has 0 saturated heterocycles. The van der Waals surface area contributed by atoms with E-state index in [1.54, 1.807) is 13.8 Å². The van der Waals surface area contributed by atoms with Gasteiger partial charge in [-0.1, -0.05) is 5.16 Å². The number of carbonyl (C=O) groups is 1. The lowest BCUT2D eigenvalue weighted by Gasteiger charge is -2.20. The molecule has 0 spiro atoms. The molecule has 4 nitrogen and oxygen atoms in total. The molecule has 0 radical (unpaired) electrons. The summed E-state index contributed by atoms with van der Waals surface area (Å²) in [5.74, 6) is -0.274. The van der Waals surface area contributed by atoms with Crippen LogP contribution < -0.4 is 0 Å². The lowest BCUT2D eigenvalue weighted by Crippen LogP contribution is -2.37. The van der Waals surface area contributed by atoms with Crippen molar-refractivity contribution in [2.45, 2.75) is 32.0 Å². The minimum Gasteiger partial charge on any atom is -0.388 e. The number of nitrogens with zero attached hydrogens (tertiary/aromatic N) is 1. The zero-order chi connectivity index (χ0) is 8.93. The number of Topliss-reactive ketones (excluding diaryl/α,β-unsaturated/α-hetero) is 1. The molecular formula is C8H11NO3. The molecule has 3 atom stereocenters. The van der Waals surface area contributed by atoms with Crippen LogP contribution in [-0.4, -0.2) is 28.3 Å². The van der Waals surface area contributed by atoms with E-state index in [9.17, 15) is 9.90 Å². The molecule has 2 aliphatic rings. The highest BCUT2D eigenvalue weighted by Gasteiger charge is 2.55. The number of hydrogen-bond acceptors (Lipinski definition) is 4. The first-order valence-corrected chi connectivity index (χ1v) is 3.98. The Morgan fingerprint density at radius 2 is 2.42 bits per heavy atom. The summed E-state index contributed by atoms with van der Waals surface area (Å²) >= 11 is 0. The third-order valence-corrected chi connectivity index (χ3v) is 2.56. The summed E-state index contributed by atoms with van der Waals surface area (Å²) < 4.78 is 0. The minimum atomic E-state index is -1.04. The second-order valence-electron chi connectivity index (χ2n) is 3.74. The molecule has 12 heavy (non-hydrogen) atoms. The van der Waals surface area contributed by atoms with E-state index in [0.29, 0.717) is 5.71 Å². The predicted octanol–water partition coefficient (Wildman–Crippen LogP) is 0.101. The number of aliphatic hydroxyl groups is 1. The molecule has 1 saturated carbocycles.